The Bertz CT molecular complexity index is 573. The molecule has 0 saturated heterocycles. The smallest absolute Gasteiger partial charge is 0.251 e. The molecule has 0 aromatic heterocycles. The first-order valence-electron chi connectivity index (χ1n) is 5.94. The predicted molar refractivity (Wildman–Crippen MR) is 78.2 cm³/mol. The number of amides is 1. The summed E-state index contributed by atoms with van der Waals surface area (Å²) in [7, 11) is 0. The fourth-order valence-corrected chi connectivity index (χ4v) is 1.96. The number of nitrogens with two attached hydrogens (primary N) is 1. The molecule has 0 saturated carbocycles. The van der Waals surface area contributed by atoms with Crippen LogP contribution in [0.5, 0.6) is 0 Å². The standard InChI is InChI=1S/C15H15ClN2O/c1-10-6-12(8-14(17)7-10)15(19)18-9-11-2-4-13(16)5-3-11/h2-8H,9,17H2,1H3,(H,18,19). The number of benzene rings is 2. The van der Waals surface area contributed by atoms with Crippen molar-refractivity contribution >= 4 is 23.2 Å². The Hall–Kier alpha value is -2.00. The van der Waals surface area contributed by atoms with Crippen molar-refractivity contribution in [1.82, 2.24) is 5.32 Å². The summed E-state index contributed by atoms with van der Waals surface area (Å²) in [5, 5.41) is 3.53. The highest BCUT2D eigenvalue weighted by molar-refractivity contribution is 6.30. The number of anilines is 1. The van der Waals surface area contributed by atoms with Gasteiger partial charge in [0.05, 0.1) is 0 Å². The van der Waals surface area contributed by atoms with Crippen molar-refractivity contribution < 1.29 is 4.79 Å². The number of rotatable bonds is 3. The minimum Gasteiger partial charge on any atom is -0.399 e. The number of carbonyl (C=O) groups excluding carboxylic acids is 1. The van der Waals surface area contributed by atoms with Crippen LogP contribution in [0.25, 0.3) is 0 Å². The third-order valence-corrected chi connectivity index (χ3v) is 2.98. The Morgan fingerprint density at radius 1 is 1.21 bits per heavy atom. The van der Waals surface area contributed by atoms with Crippen molar-refractivity contribution in [3.8, 4) is 0 Å². The number of aryl methyl sites for hydroxylation is 1. The van der Waals surface area contributed by atoms with E-state index in [1.165, 1.54) is 0 Å². The number of nitrogen functional groups attached to an aromatic ring is 1. The van der Waals surface area contributed by atoms with E-state index in [4.69, 9.17) is 17.3 Å². The van der Waals surface area contributed by atoms with E-state index >= 15 is 0 Å². The van der Waals surface area contributed by atoms with Gasteiger partial charge in [-0.1, -0.05) is 23.7 Å². The molecule has 2 aromatic carbocycles. The van der Waals surface area contributed by atoms with E-state index in [-0.39, 0.29) is 5.91 Å². The maximum atomic E-state index is 12.0. The number of nitrogens with one attached hydrogen (secondary N) is 1. The van der Waals surface area contributed by atoms with Crippen LogP contribution in [0.2, 0.25) is 5.02 Å². The molecule has 0 aliphatic rings. The van der Waals surface area contributed by atoms with E-state index in [0.717, 1.165) is 11.1 Å². The van der Waals surface area contributed by atoms with Crippen LogP contribution in [0.4, 0.5) is 5.69 Å². The van der Waals surface area contributed by atoms with Gasteiger partial charge in [0.25, 0.3) is 5.91 Å². The highest BCUT2D eigenvalue weighted by Crippen LogP contribution is 2.12. The van der Waals surface area contributed by atoms with Crippen LogP contribution < -0.4 is 11.1 Å². The Labute approximate surface area is 117 Å². The van der Waals surface area contributed by atoms with Gasteiger partial charge in [0, 0.05) is 22.8 Å². The van der Waals surface area contributed by atoms with Gasteiger partial charge in [-0.3, -0.25) is 4.79 Å². The zero-order valence-electron chi connectivity index (χ0n) is 10.6. The molecule has 4 heteroatoms. The first kappa shape index (κ1) is 13.4. The van der Waals surface area contributed by atoms with Crippen LogP contribution >= 0.6 is 11.6 Å². The maximum Gasteiger partial charge on any atom is 0.251 e. The molecule has 2 aromatic rings. The highest BCUT2D eigenvalue weighted by atomic mass is 35.5. The van der Waals surface area contributed by atoms with Crippen molar-refractivity contribution in [2.75, 3.05) is 5.73 Å². The van der Waals surface area contributed by atoms with Gasteiger partial charge in [0.1, 0.15) is 0 Å². The van der Waals surface area contributed by atoms with E-state index in [1.54, 1.807) is 18.2 Å². The second kappa shape index (κ2) is 5.76. The Kier molecular flexibility index (Phi) is 4.07. The Morgan fingerprint density at radius 2 is 1.89 bits per heavy atom. The molecule has 0 radical (unpaired) electrons. The summed E-state index contributed by atoms with van der Waals surface area (Å²) < 4.78 is 0. The summed E-state index contributed by atoms with van der Waals surface area (Å²) in [6.07, 6.45) is 0. The molecule has 0 heterocycles. The van der Waals surface area contributed by atoms with Gasteiger partial charge in [0.2, 0.25) is 0 Å². The second-order valence-electron chi connectivity index (χ2n) is 4.44. The predicted octanol–water partition coefficient (Wildman–Crippen LogP) is 3.16. The van der Waals surface area contributed by atoms with Crippen LogP contribution in [0.1, 0.15) is 21.5 Å². The zero-order valence-corrected chi connectivity index (χ0v) is 11.4. The van der Waals surface area contributed by atoms with Crippen LogP contribution in [0.15, 0.2) is 42.5 Å². The number of hydrogen-bond donors (Lipinski definition) is 2. The molecule has 98 valence electrons. The quantitative estimate of drug-likeness (QED) is 0.845. The number of hydrogen-bond acceptors (Lipinski definition) is 2. The monoisotopic (exact) mass is 274 g/mol. The van der Waals surface area contributed by atoms with E-state index in [2.05, 4.69) is 5.32 Å². The van der Waals surface area contributed by atoms with E-state index in [0.29, 0.717) is 22.8 Å². The largest absolute Gasteiger partial charge is 0.399 e. The summed E-state index contributed by atoms with van der Waals surface area (Å²) in [5.41, 5.74) is 8.86. The molecule has 2 rings (SSSR count). The molecule has 0 fully saturated rings. The third-order valence-electron chi connectivity index (χ3n) is 2.73. The van der Waals surface area contributed by atoms with Gasteiger partial charge in [-0.2, -0.15) is 0 Å². The van der Waals surface area contributed by atoms with Gasteiger partial charge in [-0.05, 0) is 48.4 Å². The van der Waals surface area contributed by atoms with Gasteiger partial charge >= 0.3 is 0 Å². The molecule has 3 N–H and O–H groups in total. The van der Waals surface area contributed by atoms with Crippen LogP contribution in [0.3, 0.4) is 0 Å². The molecular formula is C15H15ClN2O. The lowest BCUT2D eigenvalue weighted by atomic mass is 10.1. The van der Waals surface area contributed by atoms with Gasteiger partial charge in [-0.25, -0.2) is 0 Å². The van der Waals surface area contributed by atoms with Crippen molar-refractivity contribution in [1.29, 1.82) is 0 Å². The summed E-state index contributed by atoms with van der Waals surface area (Å²) >= 11 is 5.80. The van der Waals surface area contributed by atoms with Crippen molar-refractivity contribution in [3.05, 3.63) is 64.2 Å². The van der Waals surface area contributed by atoms with E-state index < -0.39 is 0 Å². The van der Waals surface area contributed by atoms with Gasteiger partial charge < -0.3 is 11.1 Å². The lowest BCUT2D eigenvalue weighted by molar-refractivity contribution is 0.0951. The summed E-state index contributed by atoms with van der Waals surface area (Å²) in [5.74, 6) is -0.134. The first-order chi connectivity index (χ1) is 9.04. The Balaban J connectivity index is 2.03. The molecule has 1 amide bonds. The molecule has 19 heavy (non-hydrogen) atoms. The van der Waals surface area contributed by atoms with Crippen molar-refractivity contribution in [2.45, 2.75) is 13.5 Å². The van der Waals surface area contributed by atoms with Crippen LogP contribution in [0, 0.1) is 6.92 Å². The average Bonchev–Trinajstić information content (AvgIpc) is 2.36. The summed E-state index contributed by atoms with van der Waals surface area (Å²) in [6, 6.07) is 12.7. The zero-order chi connectivity index (χ0) is 13.8. The van der Waals surface area contributed by atoms with E-state index in [9.17, 15) is 4.79 Å². The van der Waals surface area contributed by atoms with Gasteiger partial charge in [0.15, 0.2) is 0 Å². The number of halogens is 1. The Morgan fingerprint density at radius 3 is 2.53 bits per heavy atom. The molecular weight excluding hydrogens is 260 g/mol. The number of carbonyl (C=O) groups is 1. The normalized spacial score (nSPS) is 10.2. The molecule has 0 bridgehead atoms. The molecule has 0 spiro atoms. The topological polar surface area (TPSA) is 55.1 Å². The lowest BCUT2D eigenvalue weighted by Gasteiger charge is -2.07. The summed E-state index contributed by atoms with van der Waals surface area (Å²) in [6.45, 7) is 2.37. The van der Waals surface area contributed by atoms with Crippen LogP contribution in [-0.4, -0.2) is 5.91 Å². The average molecular weight is 275 g/mol. The molecule has 3 nitrogen and oxygen atoms in total. The summed E-state index contributed by atoms with van der Waals surface area (Å²) in [4.78, 5) is 12.0. The maximum absolute atomic E-state index is 12.0. The van der Waals surface area contributed by atoms with Crippen molar-refractivity contribution in [2.24, 2.45) is 0 Å². The van der Waals surface area contributed by atoms with Crippen molar-refractivity contribution in [3.63, 3.8) is 0 Å². The molecule has 0 unspecified atom stereocenters. The SMILES string of the molecule is Cc1cc(N)cc(C(=O)NCc2ccc(Cl)cc2)c1. The fraction of sp³-hybridized carbons (Fsp3) is 0.133. The van der Waals surface area contributed by atoms with Gasteiger partial charge in [-0.15, -0.1) is 0 Å². The molecule has 0 aliphatic heterocycles. The lowest BCUT2D eigenvalue weighted by Crippen LogP contribution is -2.22. The fourth-order valence-electron chi connectivity index (χ4n) is 1.83. The van der Waals surface area contributed by atoms with Crippen LogP contribution in [-0.2, 0) is 6.54 Å². The molecule has 0 aliphatic carbocycles. The second-order valence-corrected chi connectivity index (χ2v) is 4.88. The molecule has 0 atom stereocenters. The third kappa shape index (κ3) is 3.73. The highest BCUT2D eigenvalue weighted by Gasteiger charge is 2.06. The minimum atomic E-state index is -0.134. The first-order valence-corrected chi connectivity index (χ1v) is 6.32. The minimum absolute atomic E-state index is 0.134. The van der Waals surface area contributed by atoms with E-state index in [1.807, 2.05) is 31.2 Å².